The minimum atomic E-state index is -3.58. The number of nitrogens with zero attached hydrogens (tertiary/aromatic N) is 3. The smallest absolute Gasteiger partial charge is 0.313 e. The maximum absolute atomic E-state index is 12.7. The van der Waals surface area contributed by atoms with Crippen LogP contribution in [0.25, 0.3) is 0 Å². The van der Waals surface area contributed by atoms with Crippen molar-refractivity contribution >= 4 is 21.9 Å². The molecular formula is C20H26N4O5S. The molecule has 3 rings (SSSR count). The highest BCUT2D eigenvalue weighted by atomic mass is 32.2. The maximum Gasteiger partial charge on any atom is 0.313 e. The van der Waals surface area contributed by atoms with Crippen LogP contribution in [-0.4, -0.2) is 72.5 Å². The van der Waals surface area contributed by atoms with Gasteiger partial charge in [0.25, 0.3) is 5.91 Å². The second-order valence-electron chi connectivity index (χ2n) is 7.28. The van der Waals surface area contributed by atoms with E-state index >= 15 is 0 Å². The van der Waals surface area contributed by atoms with Gasteiger partial charge in [-0.25, -0.2) is 8.42 Å². The first-order valence-corrected chi connectivity index (χ1v) is 11.2. The van der Waals surface area contributed by atoms with E-state index in [1.165, 1.54) is 9.21 Å². The predicted molar refractivity (Wildman–Crippen MR) is 109 cm³/mol. The van der Waals surface area contributed by atoms with Crippen molar-refractivity contribution < 1.29 is 22.7 Å². The van der Waals surface area contributed by atoms with Crippen molar-refractivity contribution in [1.82, 2.24) is 19.4 Å². The number of hydrogen-bond acceptors (Lipinski definition) is 6. The Kier molecular flexibility index (Phi) is 6.57. The van der Waals surface area contributed by atoms with Gasteiger partial charge in [0, 0.05) is 37.4 Å². The number of hydrogen-bond donors (Lipinski definition) is 1. The fourth-order valence-corrected chi connectivity index (χ4v) is 5.03. The quantitative estimate of drug-likeness (QED) is 0.684. The number of aromatic nitrogens is 2. The molecule has 1 amide bonds. The van der Waals surface area contributed by atoms with Crippen molar-refractivity contribution in [1.29, 1.82) is 0 Å². The van der Waals surface area contributed by atoms with E-state index in [-0.39, 0.29) is 43.6 Å². The van der Waals surface area contributed by atoms with Crippen LogP contribution in [0.2, 0.25) is 0 Å². The van der Waals surface area contributed by atoms with Crippen LogP contribution < -0.4 is 0 Å². The molecule has 1 N–H and O–H groups in total. The fourth-order valence-electron chi connectivity index (χ4n) is 3.58. The van der Waals surface area contributed by atoms with Gasteiger partial charge in [-0.2, -0.15) is 9.40 Å². The first-order valence-electron chi connectivity index (χ1n) is 9.73. The van der Waals surface area contributed by atoms with Crippen LogP contribution in [0, 0.1) is 13.8 Å². The summed E-state index contributed by atoms with van der Waals surface area (Å²) in [7, 11) is -3.58. The number of carbonyl (C=O) groups is 2. The first-order chi connectivity index (χ1) is 14.2. The molecule has 1 fully saturated rings. The lowest BCUT2D eigenvalue weighted by Crippen LogP contribution is -2.51. The Labute approximate surface area is 176 Å². The maximum atomic E-state index is 12.7. The molecule has 10 heteroatoms. The molecule has 0 unspecified atom stereocenters. The van der Waals surface area contributed by atoms with E-state index in [9.17, 15) is 18.0 Å². The summed E-state index contributed by atoms with van der Waals surface area (Å²) >= 11 is 0. The molecule has 0 saturated carbocycles. The summed E-state index contributed by atoms with van der Waals surface area (Å²) in [6.45, 7) is 5.86. The molecule has 1 aromatic carbocycles. The third kappa shape index (κ3) is 4.54. The molecule has 1 aliphatic heterocycles. The van der Waals surface area contributed by atoms with Crippen LogP contribution in [-0.2, 0) is 24.3 Å². The largest absolute Gasteiger partial charge is 0.455 e. The number of amides is 1. The number of nitrogens with one attached hydrogen (secondary N) is 1. The van der Waals surface area contributed by atoms with Crippen molar-refractivity contribution in [3.63, 3.8) is 0 Å². The SMILES string of the molecule is Cc1n[nH]c(C)c1[C@H](C)C(=O)OCC(=O)N1CCN(S(=O)(=O)c2ccccc2)CC1. The topological polar surface area (TPSA) is 113 Å². The number of H-pyrrole nitrogens is 1. The van der Waals surface area contributed by atoms with Crippen molar-refractivity contribution in [2.24, 2.45) is 0 Å². The summed E-state index contributed by atoms with van der Waals surface area (Å²) in [5, 5.41) is 6.91. The number of rotatable bonds is 6. The van der Waals surface area contributed by atoms with E-state index in [2.05, 4.69) is 10.2 Å². The second-order valence-corrected chi connectivity index (χ2v) is 9.21. The molecule has 2 heterocycles. The lowest BCUT2D eigenvalue weighted by molar-refractivity contribution is -0.153. The predicted octanol–water partition coefficient (Wildman–Crippen LogP) is 1.21. The molecule has 2 aromatic rings. The third-order valence-electron chi connectivity index (χ3n) is 5.28. The summed E-state index contributed by atoms with van der Waals surface area (Å²) in [6.07, 6.45) is 0. The Morgan fingerprint density at radius 3 is 2.33 bits per heavy atom. The highest BCUT2D eigenvalue weighted by molar-refractivity contribution is 7.89. The number of aryl methyl sites for hydroxylation is 2. The summed E-state index contributed by atoms with van der Waals surface area (Å²) in [4.78, 5) is 26.5. The molecule has 1 aromatic heterocycles. The highest BCUT2D eigenvalue weighted by Crippen LogP contribution is 2.22. The minimum Gasteiger partial charge on any atom is -0.455 e. The number of sulfonamides is 1. The van der Waals surface area contributed by atoms with Gasteiger partial charge in [-0.1, -0.05) is 18.2 Å². The molecule has 0 bridgehead atoms. The van der Waals surface area contributed by atoms with Gasteiger partial charge >= 0.3 is 5.97 Å². The van der Waals surface area contributed by atoms with Gasteiger partial charge in [0.05, 0.1) is 16.5 Å². The summed E-state index contributed by atoms with van der Waals surface area (Å²) in [6, 6.07) is 8.21. The van der Waals surface area contributed by atoms with Gasteiger partial charge in [0.2, 0.25) is 10.0 Å². The van der Waals surface area contributed by atoms with Crippen LogP contribution in [0.15, 0.2) is 35.2 Å². The van der Waals surface area contributed by atoms with Crippen molar-refractivity contribution in [2.75, 3.05) is 32.8 Å². The Morgan fingerprint density at radius 1 is 1.13 bits per heavy atom. The van der Waals surface area contributed by atoms with Crippen molar-refractivity contribution in [3.8, 4) is 0 Å². The summed E-state index contributed by atoms with van der Waals surface area (Å²) in [5.41, 5.74) is 2.28. The Balaban J connectivity index is 1.52. The summed E-state index contributed by atoms with van der Waals surface area (Å²) in [5.74, 6) is -1.38. The van der Waals surface area contributed by atoms with Gasteiger partial charge < -0.3 is 9.64 Å². The number of esters is 1. The van der Waals surface area contributed by atoms with Crippen molar-refractivity contribution in [2.45, 2.75) is 31.6 Å². The van der Waals surface area contributed by atoms with E-state index in [4.69, 9.17) is 4.74 Å². The van der Waals surface area contributed by atoms with E-state index in [1.807, 2.05) is 6.92 Å². The van der Waals surface area contributed by atoms with Gasteiger partial charge in [-0.05, 0) is 32.9 Å². The number of ether oxygens (including phenoxy) is 1. The molecule has 0 aliphatic carbocycles. The zero-order valence-corrected chi connectivity index (χ0v) is 18.1. The highest BCUT2D eigenvalue weighted by Gasteiger charge is 2.31. The molecule has 0 radical (unpaired) electrons. The fraction of sp³-hybridized carbons (Fsp3) is 0.450. The molecule has 1 atom stereocenters. The average molecular weight is 435 g/mol. The monoisotopic (exact) mass is 434 g/mol. The third-order valence-corrected chi connectivity index (χ3v) is 7.19. The van der Waals surface area contributed by atoms with E-state index in [1.54, 1.807) is 44.2 Å². The Bertz CT molecular complexity index is 992. The zero-order valence-electron chi connectivity index (χ0n) is 17.3. The van der Waals surface area contributed by atoms with Crippen LogP contribution >= 0.6 is 0 Å². The number of aromatic amines is 1. The van der Waals surface area contributed by atoms with Gasteiger partial charge in [-0.3, -0.25) is 14.7 Å². The molecule has 30 heavy (non-hydrogen) atoms. The summed E-state index contributed by atoms with van der Waals surface area (Å²) < 4.78 is 31.9. The second kappa shape index (κ2) is 8.97. The molecular weight excluding hydrogens is 408 g/mol. The Hall–Kier alpha value is -2.72. The van der Waals surface area contributed by atoms with Crippen molar-refractivity contribution in [3.05, 3.63) is 47.3 Å². The van der Waals surface area contributed by atoms with Gasteiger partial charge in [-0.15, -0.1) is 0 Å². The Morgan fingerprint density at radius 2 is 1.77 bits per heavy atom. The van der Waals surface area contributed by atoms with Gasteiger partial charge in [0.15, 0.2) is 6.61 Å². The zero-order chi connectivity index (χ0) is 21.9. The number of benzene rings is 1. The van der Waals surface area contributed by atoms with E-state index in [0.717, 1.165) is 17.0 Å². The van der Waals surface area contributed by atoms with E-state index < -0.39 is 21.9 Å². The van der Waals surface area contributed by atoms with Crippen LogP contribution in [0.3, 0.4) is 0 Å². The average Bonchev–Trinajstić information content (AvgIpc) is 3.09. The molecule has 1 aliphatic rings. The molecule has 162 valence electrons. The molecule has 1 saturated heterocycles. The number of piperazine rings is 1. The lowest BCUT2D eigenvalue weighted by Gasteiger charge is -2.33. The normalized spacial score (nSPS) is 16.3. The molecule has 9 nitrogen and oxygen atoms in total. The number of carbonyl (C=O) groups excluding carboxylic acids is 2. The van der Waals surface area contributed by atoms with Gasteiger partial charge in [0.1, 0.15) is 0 Å². The molecule has 0 spiro atoms. The minimum absolute atomic E-state index is 0.195. The van der Waals surface area contributed by atoms with Crippen LogP contribution in [0.5, 0.6) is 0 Å². The first kappa shape index (κ1) is 22.0. The van der Waals surface area contributed by atoms with Crippen LogP contribution in [0.4, 0.5) is 0 Å². The lowest BCUT2D eigenvalue weighted by atomic mass is 9.99. The van der Waals surface area contributed by atoms with Crippen LogP contribution in [0.1, 0.15) is 29.8 Å². The van der Waals surface area contributed by atoms with E-state index in [0.29, 0.717) is 0 Å². The standard InChI is InChI=1S/C20H26N4O5S/c1-14(19-15(2)21-22-16(19)3)20(26)29-13-18(25)23-9-11-24(12-10-23)30(27,28)17-7-5-4-6-8-17/h4-8,14H,9-13H2,1-3H3,(H,21,22)/t14-/m0/s1.